The van der Waals surface area contributed by atoms with Crippen LogP contribution in [0.4, 0.5) is 0 Å². The molecule has 0 aliphatic heterocycles. The van der Waals surface area contributed by atoms with Crippen molar-refractivity contribution < 1.29 is 22.6 Å². The highest BCUT2D eigenvalue weighted by Gasteiger charge is 2.30. The van der Waals surface area contributed by atoms with Gasteiger partial charge in [0.1, 0.15) is 0 Å². The molecule has 0 radical (unpaired) electrons. The van der Waals surface area contributed by atoms with Crippen LogP contribution in [0.3, 0.4) is 0 Å². The van der Waals surface area contributed by atoms with Crippen molar-refractivity contribution >= 4 is 21.8 Å². The number of amides is 1. The molecule has 0 aromatic heterocycles. The van der Waals surface area contributed by atoms with Crippen molar-refractivity contribution in [2.24, 2.45) is 11.3 Å². The van der Waals surface area contributed by atoms with Crippen LogP contribution in [0.15, 0.2) is 34.9 Å². The SMILES string of the molecule is CC1=C(/C=C/C(C)=C/CC[C@@H](C)C(=O)NCCS(=O)(=O)O)C(C)(C)CCC1=O. The van der Waals surface area contributed by atoms with E-state index in [1.54, 1.807) is 6.92 Å². The first kappa shape index (κ1) is 24.3. The molecule has 0 fully saturated rings. The first-order valence-corrected chi connectivity index (χ1v) is 11.3. The molecule has 0 aromatic rings. The molecular formula is C21H33NO5S. The molecule has 1 aliphatic rings. The minimum absolute atomic E-state index is 0.0105. The summed E-state index contributed by atoms with van der Waals surface area (Å²) in [6.07, 6.45) is 8.90. The zero-order chi connectivity index (χ0) is 21.5. The van der Waals surface area contributed by atoms with E-state index in [-0.39, 0.29) is 29.6 Å². The Morgan fingerprint density at radius 2 is 2.00 bits per heavy atom. The summed E-state index contributed by atoms with van der Waals surface area (Å²) in [5.41, 5.74) is 2.98. The normalized spacial score (nSPS) is 19.2. The number of hydrogen-bond acceptors (Lipinski definition) is 4. The quantitative estimate of drug-likeness (QED) is 0.446. The second kappa shape index (κ2) is 10.2. The number of carbonyl (C=O) groups is 2. The van der Waals surface area contributed by atoms with Crippen LogP contribution in [0.5, 0.6) is 0 Å². The number of carbonyl (C=O) groups excluding carboxylic acids is 2. The Bertz CT molecular complexity index is 788. The predicted octanol–water partition coefficient (Wildman–Crippen LogP) is 3.61. The Morgan fingerprint density at radius 3 is 2.61 bits per heavy atom. The standard InChI is InChI=1S/C21H33NO5S/c1-15(9-10-18-17(3)19(23)11-12-21(18,4)5)7-6-8-16(2)20(24)22-13-14-28(25,26)27/h7,9-10,16H,6,8,11-14H2,1-5H3,(H,22,24)(H,25,26,27)/b10-9+,15-7+/t16-/m1/s1. The smallest absolute Gasteiger partial charge is 0.266 e. The molecule has 158 valence electrons. The third-order valence-electron chi connectivity index (χ3n) is 5.21. The molecule has 0 saturated carbocycles. The van der Waals surface area contributed by atoms with Gasteiger partial charge in [-0.05, 0) is 49.7 Å². The summed E-state index contributed by atoms with van der Waals surface area (Å²) in [6.45, 7) is 9.88. The zero-order valence-electron chi connectivity index (χ0n) is 17.5. The molecule has 0 spiro atoms. The Morgan fingerprint density at radius 1 is 1.36 bits per heavy atom. The van der Waals surface area contributed by atoms with E-state index >= 15 is 0 Å². The number of Topliss-reactive ketones (excluding diaryl/α,β-unsaturated/α-hetero) is 1. The molecule has 0 bridgehead atoms. The van der Waals surface area contributed by atoms with Gasteiger partial charge in [-0.15, -0.1) is 0 Å². The maximum atomic E-state index is 12.0. The van der Waals surface area contributed by atoms with Crippen molar-refractivity contribution in [2.45, 2.75) is 60.3 Å². The van der Waals surface area contributed by atoms with E-state index in [0.29, 0.717) is 19.3 Å². The van der Waals surface area contributed by atoms with Crippen molar-refractivity contribution in [1.29, 1.82) is 0 Å². The molecule has 1 aliphatic carbocycles. The highest BCUT2D eigenvalue weighted by atomic mass is 32.2. The fraction of sp³-hybridized carbons (Fsp3) is 0.619. The van der Waals surface area contributed by atoms with Gasteiger partial charge in [-0.2, -0.15) is 8.42 Å². The summed E-state index contributed by atoms with van der Waals surface area (Å²) in [6, 6.07) is 0. The van der Waals surface area contributed by atoms with Crippen molar-refractivity contribution in [2.75, 3.05) is 12.3 Å². The van der Waals surface area contributed by atoms with Gasteiger partial charge in [-0.3, -0.25) is 14.1 Å². The highest BCUT2D eigenvalue weighted by Crippen LogP contribution is 2.39. The van der Waals surface area contributed by atoms with Crippen LogP contribution in [0.1, 0.15) is 60.3 Å². The molecule has 7 heteroatoms. The number of allylic oxidation sites excluding steroid dienone is 6. The summed E-state index contributed by atoms with van der Waals surface area (Å²) >= 11 is 0. The summed E-state index contributed by atoms with van der Waals surface area (Å²) in [7, 11) is -4.06. The van der Waals surface area contributed by atoms with E-state index < -0.39 is 15.9 Å². The molecule has 1 atom stereocenters. The minimum Gasteiger partial charge on any atom is -0.355 e. The number of ketones is 1. The second-order valence-corrected chi connectivity index (χ2v) is 9.75. The summed E-state index contributed by atoms with van der Waals surface area (Å²) in [4.78, 5) is 23.9. The van der Waals surface area contributed by atoms with Gasteiger partial charge in [0.25, 0.3) is 10.1 Å². The Hall–Kier alpha value is -1.73. The molecule has 0 aromatic carbocycles. The molecule has 28 heavy (non-hydrogen) atoms. The first-order valence-electron chi connectivity index (χ1n) is 9.66. The van der Waals surface area contributed by atoms with E-state index in [4.69, 9.17) is 4.55 Å². The fourth-order valence-corrected chi connectivity index (χ4v) is 3.57. The van der Waals surface area contributed by atoms with Gasteiger partial charge in [-0.25, -0.2) is 0 Å². The van der Waals surface area contributed by atoms with Gasteiger partial charge >= 0.3 is 0 Å². The van der Waals surface area contributed by atoms with Crippen molar-refractivity contribution in [1.82, 2.24) is 5.32 Å². The van der Waals surface area contributed by atoms with Crippen LogP contribution in [0, 0.1) is 11.3 Å². The fourth-order valence-electron chi connectivity index (χ4n) is 3.21. The van der Waals surface area contributed by atoms with E-state index in [2.05, 4.69) is 19.2 Å². The molecule has 0 saturated heterocycles. The van der Waals surface area contributed by atoms with Crippen LogP contribution in [0.2, 0.25) is 0 Å². The minimum atomic E-state index is -4.06. The van der Waals surface area contributed by atoms with Gasteiger partial charge < -0.3 is 5.32 Å². The molecule has 2 N–H and O–H groups in total. The van der Waals surface area contributed by atoms with E-state index in [1.165, 1.54) is 0 Å². The van der Waals surface area contributed by atoms with Gasteiger partial charge in [-0.1, -0.05) is 44.6 Å². The Labute approximate surface area is 168 Å². The third-order valence-corrected chi connectivity index (χ3v) is 5.93. The summed E-state index contributed by atoms with van der Waals surface area (Å²) in [5.74, 6) is -0.749. The maximum Gasteiger partial charge on any atom is 0.266 e. The molecule has 1 amide bonds. The Kier molecular flexibility index (Phi) is 8.82. The van der Waals surface area contributed by atoms with Crippen LogP contribution in [0.25, 0.3) is 0 Å². The van der Waals surface area contributed by atoms with Crippen LogP contribution in [-0.2, 0) is 19.7 Å². The first-order chi connectivity index (χ1) is 12.8. The van der Waals surface area contributed by atoms with Crippen LogP contribution in [-0.4, -0.2) is 37.0 Å². The highest BCUT2D eigenvalue weighted by molar-refractivity contribution is 7.85. The summed E-state index contributed by atoms with van der Waals surface area (Å²) in [5, 5.41) is 2.51. The van der Waals surface area contributed by atoms with Crippen LogP contribution < -0.4 is 5.32 Å². The van der Waals surface area contributed by atoms with Crippen molar-refractivity contribution in [3.05, 3.63) is 34.9 Å². The topological polar surface area (TPSA) is 101 Å². The maximum absolute atomic E-state index is 12.0. The third kappa shape index (κ3) is 8.10. The van der Waals surface area contributed by atoms with Crippen molar-refractivity contribution in [3.63, 3.8) is 0 Å². The van der Waals surface area contributed by atoms with Crippen molar-refractivity contribution in [3.8, 4) is 0 Å². The number of hydrogen-bond donors (Lipinski definition) is 2. The molecular weight excluding hydrogens is 378 g/mol. The Balaban J connectivity index is 2.56. The van der Waals surface area contributed by atoms with E-state index in [9.17, 15) is 18.0 Å². The largest absolute Gasteiger partial charge is 0.355 e. The summed E-state index contributed by atoms with van der Waals surface area (Å²) < 4.78 is 30.0. The van der Waals surface area contributed by atoms with E-state index in [1.807, 2.05) is 32.1 Å². The van der Waals surface area contributed by atoms with E-state index in [0.717, 1.165) is 23.1 Å². The van der Waals surface area contributed by atoms with Crippen LogP contribution >= 0.6 is 0 Å². The number of rotatable bonds is 9. The lowest BCUT2D eigenvalue weighted by molar-refractivity contribution is -0.124. The monoisotopic (exact) mass is 411 g/mol. The lowest BCUT2D eigenvalue weighted by Gasteiger charge is -2.32. The molecule has 0 unspecified atom stereocenters. The van der Waals surface area contributed by atoms with Gasteiger partial charge in [0.05, 0.1) is 5.75 Å². The number of nitrogens with one attached hydrogen (secondary N) is 1. The van der Waals surface area contributed by atoms with Gasteiger partial charge in [0.15, 0.2) is 5.78 Å². The average molecular weight is 412 g/mol. The second-order valence-electron chi connectivity index (χ2n) is 8.18. The zero-order valence-corrected chi connectivity index (χ0v) is 18.4. The molecule has 0 heterocycles. The lowest BCUT2D eigenvalue weighted by atomic mass is 9.72. The average Bonchev–Trinajstić information content (AvgIpc) is 2.57. The molecule has 6 nitrogen and oxygen atoms in total. The van der Waals surface area contributed by atoms with Gasteiger partial charge in [0.2, 0.25) is 5.91 Å². The van der Waals surface area contributed by atoms with Gasteiger partial charge in [0, 0.05) is 18.9 Å². The lowest BCUT2D eigenvalue weighted by Crippen LogP contribution is -2.33. The predicted molar refractivity (Wildman–Crippen MR) is 111 cm³/mol. The molecule has 1 rings (SSSR count).